The van der Waals surface area contributed by atoms with Crippen molar-refractivity contribution in [3.8, 4) is 5.69 Å². The van der Waals surface area contributed by atoms with Crippen LogP contribution in [0.5, 0.6) is 0 Å². The molecule has 32 heavy (non-hydrogen) atoms. The molecule has 0 amide bonds. The Morgan fingerprint density at radius 2 is 1.88 bits per heavy atom. The Morgan fingerprint density at radius 1 is 1.12 bits per heavy atom. The number of ether oxygens (including phenoxy) is 1. The second-order valence-electron chi connectivity index (χ2n) is 8.25. The van der Waals surface area contributed by atoms with E-state index in [2.05, 4.69) is 9.88 Å². The fourth-order valence-corrected chi connectivity index (χ4v) is 4.49. The summed E-state index contributed by atoms with van der Waals surface area (Å²) in [5.41, 5.74) is 2.80. The third-order valence-corrected chi connectivity index (χ3v) is 6.59. The van der Waals surface area contributed by atoms with Crippen molar-refractivity contribution >= 4 is 28.5 Å². The Kier molecular flexibility index (Phi) is 5.19. The maximum absolute atomic E-state index is 13.4. The minimum absolute atomic E-state index is 0.321. The number of hydrogen-bond acceptors (Lipinski definition) is 5. The summed E-state index contributed by atoms with van der Waals surface area (Å²) in [6.45, 7) is 7.78. The quantitative estimate of drug-likeness (QED) is 0.467. The van der Waals surface area contributed by atoms with Gasteiger partial charge in [0.05, 0.1) is 18.9 Å². The molecule has 0 atom stereocenters. The number of morpholine rings is 1. The van der Waals surface area contributed by atoms with E-state index in [1.54, 1.807) is 11.4 Å². The average molecular weight is 457 g/mol. The van der Waals surface area contributed by atoms with Gasteiger partial charge in [-0.1, -0.05) is 17.7 Å². The van der Waals surface area contributed by atoms with Crippen LogP contribution < -0.4 is 11.2 Å². The van der Waals surface area contributed by atoms with Crippen LogP contribution in [0.3, 0.4) is 0 Å². The third kappa shape index (κ3) is 3.28. The van der Waals surface area contributed by atoms with Gasteiger partial charge in [-0.15, -0.1) is 0 Å². The lowest BCUT2D eigenvalue weighted by Crippen LogP contribution is -2.44. The molecule has 168 valence electrons. The Balaban J connectivity index is 1.66. The van der Waals surface area contributed by atoms with Gasteiger partial charge in [0.1, 0.15) is 0 Å². The number of hydrogen-bond donors (Lipinski definition) is 0. The number of aromatic nitrogens is 5. The monoisotopic (exact) mass is 456 g/mol. The first-order valence-corrected chi connectivity index (χ1v) is 11.0. The highest BCUT2D eigenvalue weighted by Crippen LogP contribution is 2.24. The number of aryl methyl sites for hydroxylation is 3. The Bertz CT molecular complexity index is 1450. The minimum atomic E-state index is -0.363. The molecule has 0 unspecified atom stereocenters. The van der Waals surface area contributed by atoms with Crippen LogP contribution in [0.4, 0.5) is 0 Å². The fraction of sp³-hybridized carbons (Fsp3) is 0.409. The smallest absolute Gasteiger partial charge is 0.332 e. The van der Waals surface area contributed by atoms with Gasteiger partial charge in [-0.2, -0.15) is 4.98 Å². The van der Waals surface area contributed by atoms with Crippen molar-refractivity contribution in [2.24, 2.45) is 7.05 Å². The maximum atomic E-state index is 13.4. The Labute approximate surface area is 189 Å². The average Bonchev–Trinajstić information content (AvgIpc) is 3.29. The molecule has 9 nitrogen and oxygen atoms in total. The van der Waals surface area contributed by atoms with Crippen LogP contribution in [0.15, 0.2) is 34.0 Å². The summed E-state index contributed by atoms with van der Waals surface area (Å²) >= 11 is 6.35. The molecule has 1 saturated heterocycles. The van der Waals surface area contributed by atoms with E-state index in [1.807, 2.05) is 42.8 Å². The summed E-state index contributed by atoms with van der Waals surface area (Å²) in [6.07, 6.45) is 1.87. The lowest BCUT2D eigenvalue weighted by atomic mass is 10.2. The normalized spacial score (nSPS) is 15.2. The van der Waals surface area contributed by atoms with Crippen LogP contribution >= 0.6 is 11.6 Å². The van der Waals surface area contributed by atoms with E-state index >= 15 is 0 Å². The standard InChI is InChI=1S/C22H25ClN6O3/c1-14-4-5-16(12-17(14)23)29-15(2)13-28-18-19(24-21(28)29)25(3)22(31)27(20(18)30)7-6-26-8-10-32-11-9-26/h4-5,12-13H,6-11H2,1-3H3. The van der Waals surface area contributed by atoms with Crippen molar-refractivity contribution in [3.63, 3.8) is 0 Å². The zero-order valence-corrected chi connectivity index (χ0v) is 19.1. The van der Waals surface area contributed by atoms with E-state index in [1.165, 1.54) is 9.13 Å². The molecule has 0 N–H and O–H groups in total. The van der Waals surface area contributed by atoms with Crippen LogP contribution in [0, 0.1) is 13.8 Å². The zero-order chi connectivity index (χ0) is 22.6. The van der Waals surface area contributed by atoms with Crippen molar-refractivity contribution in [2.75, 3.05) is 32.8 Å². The molecular formula is C22H25ClN6O3. The topological polar surface area (TPSA) is 78.7 Å². The Morgan fingerprint density at radius 3 is 2.59 bits per heavy atom. The SMILES string of the molecule is Cc1ccc(-n2c(C)cn3c4c(=O)n(CCN5CCOCC5)c(=O)n(C)c4nc23)cc1Cl. The van der Waals surface area contributed by atoms with Gasteiger partial charge < -0.3 is 4.74 Å². The van der Waals surface area contributed by atoms with E-state index in [0.717, 1.165) is 30.0 Å². The highest BCUT2D eigenvalue weighted by molar-refractivity contribution is 6.31. The van der Waals surface area contributed by atoms with Gasteiger partial charge in [-0.25, -0.2) is 4.79 Å². The molecule has 0 radical (unpaired) electrons. The predicted octanol–water partition coefficient (Wildman–Crippen LogP) is 1.74. The van der Waals surface area contributed by atoms with Gasteiger partial charge in [0.25, 0.3) is 5.56 Å². The molecule has 0 saturated carbocycles. The lowest BCUT2D eigenvalue weighted by Gasteiger charge is -2.26. The number of rotatable bonds is 4. The highest BCUT2D eigenvalue weighted by atomic mass is 35.5. The summed E-state index contributed by atoms with van der Waals surface area (Å²) in [5, 5.41) is 0.655. The predicted molar refractivity (Wildman–Crippen MR) is 123 cm³/mol. The van der Waals surface area contributed by atoms with E-state index in [-0.39, 0.29) is 11.2 Å². The lowest BCUT2D eigenvalue weighted by molar-refractivity contribution is 0.0361. The molecular weight excluding hydrogens is 432 g/mol. The van der Waals surface area contributed by atoms with E-state index in [0.29, 0.717) is 48.3 Å². The van der Waals surface area contributed by atoms with Crippen LogP contribution in [0.2, 0.25) is 5.02 Å². The van der Waals surface area contributed by atoms with Crippen LogP contribution in [-0.2, 0) is 18.3 Å². The number of benzene rings is 1. The van der Waals surface area contributed by atoms with Gasteiger partial charge in [0.15, 0.2) is 11.2 Å². The maximum Gasteiger partial charge on any atom is 0.332 e. The van der Waals surface area contributed by atoms with Crippen molar-refractivity contribution in [2.45, 2.75) is 20.4 Å². The summed E-state index contributed by atoms with van der Waals surface area (Å²) in [6, 6.07) is 5.79. The van der Waals surface area contributed by atoms with Crippen LogP contribution in [0.1, 0.15) is 11.3 Å². The zero-order valence-electron chi connectivity index (χ0n) is 18.3. The molecule has 5 rings (SSSR count). The second-order valence-corrected chi connectivity index (χ2v) is 8.65. The van der Waals surface area contributed by atoms with E-state index < -0.39 is 0 Å². The van der Waals surface area contributed by atoms with Crippen molar-refractivity contribution < 1.29 is 4.74 Å². The molecule has 1 aromatic carbocycles. The molecule has 4 aromatic rings. The molecule has 4 heterocycles. The number of halogens is 1. The first-order valence-electron chi connectivity index (χ1n) is 10.6. The largest absolute Gasteiger partial charge is 0.379 e. The van der Waals surface area contributed by atoms with Gasteiger partial charge in [-0.3, -0.25) is 27.8 Å². The number of nitrogens with zero attached hydrogens (tertiary/aromatic N) is 6. The molecule has 1 aliphatic rings. The van der Waals surface area contributed by atoms with Gasteiger partial charge in [0.2, 0.25) is 5.78 Å². The van der Waals surface area contributed by atoms with Gasteiger partial charge >= 0.3 is 5.69 Å². The van der Waals surface area contributed by atoms with E-state index in [9.17, 15) is 9.59 Å². The minimum Gasteiger partial charge on any atom is -0.379 e. The first-order chi connectivity index (χ1) is 15.4. The molecule has 1 fully saturated rings. The summed E-state index contributed by atoms with van der Waals surface area (Å²) in [4.78, 5) is 33.3. The van der Waals surface area contributed by atoms with Crippen LogP contribution in [-0.4, -0.2) is 60.8 Å². The Hall–Kier alpha value is -2.88. The van der Waals surface area contributed by atoms with Crippen molar-refractivity contribution in [1.82, 2.24) is 28.0 Å². The van der Waals surface area contributed by atoms with E-state index in [4.69, 9.17) is 16.3 Å². The van der Waals surface area contributed by atoms with Gasteiger partial charge in [-0.05, 0) is 31.5 Å². The van der Waals surface area contributed by atoms with Gasteiger partial charge in [0, 0.05) is 50.1 Å². The highest BCUT2D eigenvalue weighted by Gasteiger charge is 2.21. The van der Waals surface area contributed by atoms with Crippen molar-refractivity contribution in [1.29, 1.82) is 0 Å². The molecule has 0 bridgehead atoms. The molecule has 0 aliphatic carbocycles. The van der Waals surface area contributed by atoms with Crippen molar-refractivity contribution in [3.05, 3.63) is 61.5 Å². The molecule has 3 aromatic heterocycles. The summed E-state index contributed by atoms with van der Waals surface area (Å²) in [5.74, 6) is 0.565. The molecule has 10 heteroatoms. The number of imidazole rings is 2. The summed E-state index contributed by atoms with van der Waals surface area (Å²) < 4.78 is 11.8. The van der Waals surface area contributed by atoms with Crippen LogP contribution in [0.25, 0.3) is 22.6 Å². The molecule has 0 spiro atoms. The molecule has 1 aliphatic heterocycles. The fourth-order valence-electron chi connectivity index (χ4n) is 4.31. The number of fused-ring (bicyclic) bond motifs is 3. The first kappa shape index (κ1) is 21.0. The second kappa shape index (κ2) is 7.91. The summed E-state index contributed by atoms with van der Waals surface area (Å²) in [7, 11) is 1.65. The third-order valence-electron chi connectivity index (χ3n) is 6.18.